The number of carbonyl (C=O) groups is 1. The average Bonchev–Trinajstić information content (AvgIpc) is 2.46. The summed E-state index contributed by atoms with van der Waals surface area (Å²) in [5, 5.41) is 8.98. The molecule has 1 aromatic carbocycles. The topological polar surface area (TPSA) is 72.3 Å². The van der Waals surface area contributed by atoms with E-state index in [0.29, 0.717) is 11.5 Å². The number of aromatic nitrogens is 2. The molecule has 2 aromatic rings. The van der Waals surface area contributed by atoms with Crippen molar-refractivity contribution in [2.45, 2.75) is 12.8 Å². The van der Waals surface area contributed by atoms with Crippen molar-refractivity contribution in [1.29, 1.82) is 0 Å². The number of carboxylic acid groups (broad SMARTS) is 1. The van der Waals surface area contributed by atoms with Crippen molar-refractivity contribution in [3.05, 3.63) is 42.4 Å². The van der Waals surface area contributed by atoms with E-state index in [-0.39, 0.29) is 0 Å². The van der Waals surface area contributed by atoms with Crippen molar-refractivity contribution >= 4 is 5.97 Å². The Hall–Kier alpha value is -2.43. The number of hydrogen-bond acceptors (Lipinski definition) is 4. The van der Waals surface area contributed by atoms with Gasteiger partial charge in [-0.1, -0.05) is 12.1 Å². The predicted molar refractivity (Wildman–Crippen MR) is 70.1 cm³/mol. The number of methoxy groups -OCH3 is 1. The van der Waals surface area contributed by atoms with Gasteiger partial charge in [0.05, 0.1) is 12.8 Å². The van der Waals surface area contributed by atoms with Crippen molar-refractivity contribution in [3.8, 4) is 17.0 Å². The van der Waals surface area contributed by atoms with E-state index in [4.69, 9.17) is 9.84 Å². The van der Waals surface area contributed by atoms with E-state index < -0.39 is 11.9 Å². The van der Waals surface area contributed by atoms with Crippen molar-refractivity contribution in [2.24, 2.45) is 0 Å². The summed E-state index contributed by atoms with van der Waals surface area (Å²) in [7, 11) is 1.59. The molecular weight excluding hydrogens is 244 g/mol. The molecule has 98 valence electrons. The Labute approximate surface area is 110 Å². The molecule has 1 N–H and O–H groups in total. The molecule has 0 radical (unpaired) electrons. The number of nitrogens with zero attached hydrogens (tertiary/aromatic N) is 2. The summed E-state index contributed by atoms with van der Waals surface area (Å²) >= 11 is 0. The van der Waals surface area contributed by atoms with E-state index in [1.54, 1.807) is 26.3 Å². The molecule has 0 spiro atoms. The highest BCUT2D eigenvalue weighted by atomic mass is 16.5. The number of carboxylic acids is 1. The highest BCUT2D eigenvalue weighted by Gasteiger charge is 2.17. The van der Waals surface area contributed by atoms with Crippen LogP contribution < -0.4 is 4.74 Å². The number of aliphatic carboxylic acids is 1. The lowest BCUT2D eigenvalue weighted by atomic mass is 10.1. The van der Waals surface area contributed by atoms with Crippen LogP contribution in [0.3, 0.4) is 0 Å². The van der Waals surface area contributed by atoms with Gasteiger partial charge in [0.2, 0.25) is 0 Å². The van der Waals surface area contributed by atoms with Gasteiger partial charge in [-0.25, -0.2) is 9.97 Å². The Kier molecular flexibility index (Phi) is 3.75. The molecule has 0 bridgehead atoms. The molecular formula is C14H14N2O3. The van der Waals surface area contributed by atoms with Crippen LogP contribution in [0.5, 0.6) is 5.75 Å². The summed E-state index contributed by atoms with van der Waals surface area (Å²) in [6.45, 7) is 1.56. The monoisotopic (exact) mass is 258 g/mol. The first-order valence-electron chi connectivity index (χ1n) is 5.82. The third-order valence-corrected chi connectivity index (χ3v) is 2.80. The summed E-state index contributed by atoms with van der Waals surface area (Å²) in [4.78, 5) is 19.2. The van der Waals surface area contributed by atoms with Crippen molar-refractivity contribution in [2.75, 3.05) is 7.11 Å². The van der Waals surface area contributed by atoms with Crippen LogP contribution in [-0.4, -0.2) is 28.2 Å². The van der Waals surface area contributed by atoms with E-state index >= 15 is 0 Å². The maximum Gasteiger partial charge on any atom is 0.313 e. The Bertz CT molecular complexity index is 599. The van der Waals surface area contributed by atoms with Gasteiger partial charge < -0.3 is 9.84 Å². The first kappa shape index (κ1) is 13.0. The highest BCUT2D eigenvalue weighted by molar-refractivity contribution is 5.74. The second-order valence-corrected chi connectivity index (χ2v) is 4.09. The first-order valence-corrected chi connectivity index (χ1v) is 5.82. The largest absolute Gasteiger partial charge is 0.497 e. The number of benzene rings is 1. The molecule has 1 heterocycles. The minimum Gasteiger partial charge on any atom is -0.497 e. The molecule has 0 saturated heterocycles. The van der Waals surface area contributed by atoms with Gasteiger partial charge >= 0.3 is 5.97 Å². The molecule has 0 amide bonds. The maximum absolute atomic E-state index is 10.9. The van der Waals surface area contributed by atoms with Crippen LogP contribution in [0.25, 0.3) is 11.3 Å². The summed E-state index contributed by atoms with van der Waals surface area (Å²) in [6.07, 6.45) is 1.57. The van der Waals surface area contributed by atoms with Crippen molar-refractivity contribution in [1.82, 2.24) is 9.97 Å². The van der Waals surface area contributed by atoms with Crippen molar-refractivity contribution < 1.29 is 14.6 Å². The molecule has 0 aliphatic rings. The zero-order valence-corrected chi connectivity index (χ0v) is 10.7. The smallest absolute Gasteiger partial charge is 0.313 e. The van der Waals surface area contributed by atoms with Crippen LogP contribution in [0.2, 0.25) is 0 Å². The molecule has 1 unspecified atom stereocenters. The van der Waals surface area contributed by atoms with Gasteiger partial charge in [0.1, 0.15) is 17.5 Å². The van der Waals surface area contributed by atoms with Gasteiger partial charge in [-0.3, -0.25) is 4.79 Å². The third kappa shape index (κ3) is 2.88. The summed E-state index contributed by atoms with van der Waals surface area (Å²) in [5.41, 5.74) is 1.54. The number of hydrogen-bond donors (Lipinski definition) is 1. The van der Waals surface area contributed by atoms with Gasteiger partial charge in [0.25, 0.3) is 0 Å². The van der Waals surface area contributed by atoms with Crippen LogP contribution in [0.15, 0.2) is 36.5 Å². The summed E-state index contributed by atoms with van der Waals surface area (Å²) < 4.78 is 5.15. The van der Waals surface area contributed by atoms with Crippen LogP contribution in [0.4, 0.5) is 0 Å². The molecule has 19 heavy (non-hydrogen) atoms. The maximum atomic E-state index is 10.9. The summed E-state index contributed by atoms with van der Waals surface area (Å²) in [6, 6.07) is 9.17. The predicted octanol–water partition coefficient (Wildman–Crippen LogP) is 2.34. The van der Waals surface area contributed by atoms with Gasteiger partial charge in [-0.2, -0.15) is 0 Å². The average molecular weight is 258 g/mol. The third-order valence-electron chi connectivity index (χ3n) is 2.80. The molecule has 0 aliphatic carbocycles. The molecule has 5 heteroatoms. The minimum absolute atomic E-state index is 0.299. The molecule has 2 rings (SSSR count). The molecule has 1 aromatic heterocycles. The molecule has 0 aliphatic heterocycles. The lowest BCUT2D eigenvalue weighted by Crippen LogP contribution is -2.11. The SMILES string of the molecule is COc1cccc(-c2ccnc(C(C)C(=O)O)n2)c1. The molecule has 1 atom stereocenters. The number of ether oxygens (including phenoxy) is 1. The fourth-order valence-corrected chi connectivity index (χ4v) is 1.64. The quantitative estimate of drug-likeness (QED) is 0.911. The fourth-order valence-electron chi connectivity index (χ4n) is 1.64. The Morgan fingerprint density at radius 3 is 2.84 bits per heavy atom. The van der Waals surface area contributed by atoms with Crippen LogP contribution in [0.1, 0.15) is 18.7 Å². The highest BCUT2D eigenvalue weighted by Crippen LogP contribution is 2.23. The molecule has 0 saturated carbocycles. The van der Waals surface area contributed by atoms with Gasteiger partial charge in [0.15, 0.2) is 0 Å². The van der Waals surface area contributed by atoms with Gasteiger partial charge in [-0.05, 0) is 25.1 Å². The van der Waals surface area contributed by atoms with E-state index in [1.165, 1.54) is 0 Å². The normalized spacial score (nSPS) is 11.9. The van der Waals surface area contributed by atoms with Crippen LogP contribution in [-0.2, 0) is 4.79 Å². The fraction of sp³-hybridized carbons (Fsp3) is 0.214. The Morgan fingerprint density at radius 2 is 2.16 bits per heavy atom. The second-order valence-electron chi connectivity index (χ2n) is 4.09. The van der Waals surface area contributed by atoms with Gasteiger partial charge in [-0.15, -0.1) is 0 Å². The van der Waals surface area contributed by atoms with E-state index in [0.717, 1.165) is 11.3 Å². The van der Waals surface area contributed by atoms with E-state index in [1.807, 2.05) is 24.3 Å². The summed E-state index contributed by atoms with van der Waals surface area (Å²) in [5.74, 6) is -0.648. The minimum atomic E-state index is -0.942. The van der Waals surface area contributed by atoms with Crippen LogP contribution >= 0.6 is 0 Å². The zero-order valence-electron chi connectivity index (χ0n) is 10.7. The first-order chi connectivity index (χ1) is 9.11. The number of rotatable bonds is 4. The molecule has 0 fully saturated rings. The van der Waals surface area contributed by atoms with Gasteiger partial charge in [0, 0.05) is 11.8 Å². The van der Waals surface area contributed by atoms with E-state index in [2.05, 4.69) is 9.97 Å². The van der Waals surface area contributed by atoms with Crippen LogP contribution in [0, 0.1) is 0 Å². The van der Waals surface area contributed by atoms with E-state index in [9.17, 15) is 4.79 Å². The Morgan fingerprint density at radius 1 is 1.37 bits per heavy atom. The lowest BCUT2D eigenvalue weighted by molar-refractivity contribution is -0.138. The molecule has 5 nitrogen and oxygen atoms in total. The standard InChI is InChI=1S/C14H14N2O3/c1-9(14(17)18)13-15-7-6-12(16-13)10-4-3-5-11(8-10)19-2/h3-9H,1-2H3,(H,17,18). The lowest BCUT2D eigenvalue weighted by Gasteiger charge is -2.08. The Balaban J connectivity index is 2.40. The van der Waals surface area contributed by atoms with Crippen molar-refractivity contribution in [3.63, 3.8) is 0 Å². The zero-order chi connectivity index (χ0) is 13.8. The second kappa shape index (κ2) is 5.48.